The van der Waals surface area contributed by atoms with Crippen LogP contribution in [0.1, 0.15) is 15.9 Å². The summed E-state index contributed by atoms with van der Waals surface area (Å²) in [4.78, 5) is 11.7. The van der Waals surface area contributed by atoms with Gasteiger partial charge in [0, 0.05) is 16.3 Å². The molecule has 0 aromatic heterocycles. The molecule has 0 fully saturated rings. The van der Waals surface area contributed by atoms with Gasteiger partial charge in [0.05, 0.1) is 5.56 Å². The SMILES string of the molecule is Nc1cccc(C(=O)OCc2cc(Cl)ccc2F)c1. The number of hydrogen-bond donors (Lipinski definition) is 1. The molecule has 0 aliphatic heterocycles. The molecule has 5 heteroatoms. The first-order chi connectivity index (χ1) is 9.06. The number of hydrogen-bond acceptors (Lipinski definition) is 3. The minimum absolute atomic E-state index is 0.181. The summed E-state index contributed by atoms with van der Waals surface area (Å²) in [5.74, 6) is -1.03. The topological polar surface area (TPSA) is 52.3 Å². The maximum atomic E-state index is 13.4. The van der Waals surface area contributed by atoms with E-state index in [1.165, 1.54) is 24.3 Å². The molecule has 3 nitrogen and oxygen atoms in total. The molecule has 0 bridgehead atoms. The Labute approximate surface area is 114 Å². The van der Waals surface area contributed by atoms with Gasteiger partial charge in [-0.2, -0.15) is 0 Å². The molecule has 0 radical (unpaired) electrons. The zero-order chi connectivity index (χ0) is 13.8. The molecule has 0 aliphatic carbocycles. The lowest BCUT2D eigenvalue weighted by atomic mass is 10.2. The number of nitrogens with two attached hydrogens (primary N) is 1. The molecule has 2 aromatic rings. The molecule has 19 heavy (non-hydrogen) atoms. The summed E-state index contributed by atoms with van der Waals surface area (Å²) in [7, 11) is 0. The summed E-state index contributed by atoms with van der Waals surface area (Å²) < 4.78 is 18.4. The fourth-order valence-electron chi connectivity index (χ4n) is 1.55. The Morgan fingerprint density at radius 3 is 2.79 bits per heavy atom. The van der Waals surface area contributed by atoms with Gasteiger partial charge in [0.15, 0.2) is 0 Å². The van der Waals surface area contributed by atoms with Crippen LogP contribution < -0.4 is 5.73 Å². The van der Waals surface area contributed by atoms with Crippen LogP contribution in [0.15, 0.2) is 42.5 Å². The summed E-state index contributed by atoms with van der Waals surface area (Å²) in [5.41, 5.74) is 6.57. The third-order valence-corrected chi connectivity index (χ3v) is 2.72. The fraction of sp³-hybridized carbons (Fsp3) is 0.0714. The van der Waals surface area contributed by atoms with Gasteiger partial charge in [-0.1, -0.05) is 17.7 Å². The van der Waals surface area contributed by atoms with Crippen LogP contribution in [0.3, 0.4) is 0 Å². The molecular weight excluding hydrogens is 269 g/mol. The summed E-state index contributed by atoms with van der Waals surface area (Å²) in [6.07, 6.45) is 0. The lowest BCUT2D eigenvalue weighted by molar-refractivity contribution is 0.0469. The highest BCUT2D eigenvalue weighted by Crippen LogP contribution is 2.16. The highest BCUT2D eigenvalue weighted by molar-refractivity contribution is 6.30. The average Bonchev–Trinajstić information content (AvgIpc) is 2.39. The predicted molar refractivity (Wildman–Crippen MR) is 71.4 cm³/mol. The monoisotopic (exact) mass is 279 g/mol. The first-order valence-corrected chi connectivity index (χ1v) is 5.90. The second-order valence-corrected chi connectivity index (χ2v) is 4.37. The van der Waals surface area contributed by atoms with Gasteiger partial charge in [0.25, 0.3) is 0 Å². The van der Waals surface area contributed by atoms with Crippen LogP contribution in [0, 0.1) is 5.82 Å². The van der Waals surface area contributed by atoms with Crippen molar-refractivity contribution < 1.29 is 13.9 Å². The minimum Gasteiger partial charge on any atom is -0.457 e. The van der Waals surface area contributed by atoms with Crippen molar-refractivity contribution in [1.29, 1.82) is 0 Å². The number of carbonyl (C=O) groups is 1. The number of rotatable bonds is 3. The molecule has 0 heterocycles. The second kappa shape index (κ2) is 5.71. The number of benzene rings is 2. The third kappa shape index (κ3) is 3.45. The maximum absolute atomic E-state index is 13.4. The van der Waals surface area contributed by atoms with Crippen molar-refractivity contribution in [2.75, 3.05) is 5.73 Å². The van der Waals surface area contributed by atoms with E-state index in [4.69, 9.17) is 22.1 Å². The van der Waals surface area contributed by atoms with Crippen molar-refractivity contribution in [3.05, 3.63) is 64.4 Å². The molecule has 2 N–H and O–H groups in total. The van der Waals surface area contributed by atoms with E-state index in [9.17, 15) is 9.18 Å². The largest absolute Gasteiger partial charge is 0.457 e. The highest BCUT2D eigenvalue weighted by atomic mass is 35.5. The number of anilines is 1. The van der Waals surface area contributed by atoms with E-state index >= 15 is 0 Å². The first kappa shape index (κ1) is 13.4. The lowest BCUT2D eigenvalue weighted by Gasteiger charge is -2.06. The predicted octanol–water partition coefficient (Wildman–Crippen LogP) is 3.42. The Morgan fingerprint density at radius 1 is 1.26 bits per heavy atom. The van der Waals surface area contributed by atoms with Crippen LogP contribution in [-0.2, 0) is 11.3 Å². The van der Waals surface area contributed by atoms with Gasteiger partial charge in [0.2, 0.25) is 0 Å². The van der Waals surface area contributed by atoms with Crippen LogP contribution in [0.5, 0.6) is 0 Å². The standard InChI is InChI=1S/C14H11ClFNO2/c15-11-4-5-13(16)10(6-11)8-19-14(18)9-2-1-3-12(17)7-9/h1-7H,8,17H2. The molecule has 98 valence electrons. The molecule has 0 saturated heterocycles. The number of esters is 1. The van der Waals surface area contributed by atoms with Crippen LogP contribution in [0.4, 0.5) is 10.1 Å². The quantitative estimate of drug-likeness (QED) is 0.692. The maximum Gasteiger partial charge on any atom is 0.338 e. The van der Waals surface area contributed by atoms with E-state index in [1.807, 2.05) is 0 Å². The summed E-state index contributed by atoms with van der Waals surface area (Å²) >= 11 is 5.75. The smallest absolute Gasteiger partial charge is 0.338 e. The molecule has 0 unspecified atom stereocenters. The molecule has 0 spiro atoms. The molecular formula is C14H11ClFNO2. The van der Waals surface area contributed by atoms with Crippen molar-refractivity contribution in [3.63, 3.8) is 0 Å². The number of carbonyl (C=O) groups excluding carboxylic acids is 1. The van der Waals surface area contributed by atoms with Crippen molar-refractivity contribution in [1.82, 2.24) is 0 Å². The second-order valence-electron chi connectivity index (χ2n) is 3.94. The van der Waals surface area contributed by atoms with E-state index in [1.54, 1.807) is 18.2 Å². The van der Waals surface area contributed by atoms with Gasteiger partial charge < -0.3 is 10.5 Å². The molecule has 0 atom stereocenters. The van der Waals surface area contributed by atoms with E-state index in [0.29, 0.717) is 16.3 Å². The molecule has 0 amide bonds. The Hall–Kier alpha value is -2.07. The molecule has 0 saturated carbocycles. The Bertz CT molecular complexity index is 616. The van der Waals surface area contributed by atoms with E-state index in [0.717, 1.165) is 0 Å². The van der Waals surface area contributed by atoms with Gasteiger partial charge in [-0.15, -0.1) is 0 Å². The minimum atomic E-state index is -0.563. The average molecular weight is 280 g/mol. The summed E-state index contributed by atoms with van der Waals surface area (Å²) in [5, 5.41) is 0.386. The molecule has 2 aromatic carbocycles. The fourth-order valence-corrected chi connectivity index (χ4v) is 1.74. The van der Waals surface area contributed by atoms with E-state index in [2.05, 4.69) is 0 Å². The van der Waals surface area contributed by atoms with E-state index < -0.39 is 11.8 Å². The van der Waals surface area contributed by atoms with Gasteiger partial charge in [-0.3, -0.25) is 0 Å². The molecule has 0 aliphatic rings. The normalized spacial score (nSPS) is 10.2. The summed E-state index contributed by atoms with van der Waals surface area (Å²) in [6.45, 7) is -0.181. The summed E-state index contributed by atoms with van der Waals surface area (Å²) in [6, 6.07) is 10.5. The zero-order valence-electron chi connectivity index (χ0n) is 9.90. The zero-order valence-corrected chi connectivity index (χ0v) is 10.7. The Morgan fingerprint density at radius 2 is 2.05 bits per heavy atom. The van der Waals surface area contributed by atoms with Crippen molar-refractivity contribution in [2.24, 2.45) is 0 Å². The number of ether oxygens (including phenoxy) is 1. The Balaban J connectivity index is 2.06. The van der Waals surface area contributed by atoms with Gasteiger partial charge in [-0.05, 0) is 36.4 Å². The number of halogens is 2. The number of nitrogen functional groups attached to an aromatic ring is 1. The van der Waals surface area contributed by atoms with Gasteiger partial charge in [0.1, 0.15) is 12.4 Å². The molecule has 2 rings (SSSR count). The van der Waals surface area contributed by atoms with Crippen LogP contribution in [0.25, 0.3) is 0 Å². The van der Waals surface area contributed by atoms with Crippen LogP contribution in [0.2, 0.25) is 5.02 Å². The Kier molecular flexibility index (Phi) is 4.02. The highest BCUT2D eigenvalue weighted by Gasteiger charge is 2.10. The van der Waals surface area contributed by atoms with Crippen LogP contribution >= 0.6 is 11.6 Å². The van der Waals surface area contributed by atoms with Crippen molar-refractivity contribution >= 4 is 23.3 Å². The van der Waals surface area contributed by atoms with Crippen molar-refractivity contribution in [2.45, 2.75) is 6.61 Å². The van der Waals surface area contributed by atoms with Gasteiger partial charge >= 0.3 is 5.97 Å². The van der Waals surface area contributed by atoms with Crippen LogP contribution in [-0.4, -0.2) is 5.97 Å². The van der Waals surface area contributed by atoms with Gasteiger partial charge in [-0.25, -0.2) is 9.18 Å². The third-order valence-electron chi connectivity index (χ3n) is 2.49. The van der Waals surface area contributed by atoms with Crippen molar-refractivity contribution in [3.8, 4) is 0 Å². The lowest BCUT2D eigenvalue weighted by Crippen LogP contribution is -2.06. The first-order valence-electron chi connectivity index (χ1n) is 5.53. The van der Waals surface area contributed by atoms with E-state index in [-0.39, 0.29) is 12.2 Å².